The van der Waals surface area contributed by atoms with E-state index in [9.17, 15) is 0 Å². The van der Waals surface area contributed by atoms with Gasteiger partial charge in [0, 0.05) is 37.6 Å². The third-order valence-electron chi connectivity index (χ3n) is 6.87. The fourth-order valence-corrected chi connectivity index (χ4v) is 5.02. The third-order valence-corrected chi connectivity index (χ3v) is 6.87. The average Bonchev–Trinajstić information content (AvgIpc) is 2.88. The summed E-state index contributed by atoms with van der Waals surface area (Å²) < 4.78 is 11.5. The molecule has 1 saturated carbocycles. The van der Waals surface area contributed by atoms with Crippen LogP contribution in [0.5, 0.6) is 11.5 Å². The number of aromatic nitrogens is 2. The maximum atomic E-state index is 5.81. The average molecular weight is 508 g/mol. The summed E-state index contributed by atoms with van der Waals surface area (Å²) in [5.41, 5.74) is 2.14. The number of hydrogen-bond donors (Lipinski definition) is 2. The Kier molecular flexibility index (Phi) is 10.8. The molecule has 1 heterocycles. The monoisotopic (exact) mass is 507 g/mol. The molecule has 0 radical (unpaired) electrons. The van der Waals surface area contributed by atoms with Crippen molar-refractivity contribution >= 4 is 22.7 Å². The van der Waals surface area contributed by atoms with Crippen LogP contribution in [0, 0.1) is 5.92 Å². The molecule has 2 N–H and O–H groups in total. The molecule has 0 spiro atoms. The molecule has 7 nitrogen and oxygen atoms in total. The topological polar surface area (TPSA) is 71.5 Å². The van der Waals surface area contributed by atoms with Gasteiger partial charge in [0.1, 0.15) is 17.3 Å². The molecule has 0 unspecified atom stereocenters. The second-order valence-electron chi connectivity index (χ2n) is 9.75. The first kappa shape index (κ1) is 28.5. The molecule has 0 amide bonds. The predicted octanol–water partition coefficient (Wildman–Crippen LogP) is 6.28. The number of benzene rings is 2. The number of ether oxygens (including phenoxy) is 2. The summed E-state index contributed by atoms with van der Waals surface area (Å²) in [5.74, 6) is 4.29. The van der Waals surface area contributed by atoms with Crippen LogP contribution in [0.15, 0.2) is 42.5 Å². The minimum absolute atomic E-state index is 0. The molecule has 0 bridgehead atoms. The van der Waals surface area contributed by atoms with Crippen LogP contribution < -0.4 is 25.0 Å². The number of nitrogens with one attached hydrogen (secondary N) is 2. The molecule has 7 heteroatoms. The van der Waals surface area contributed by atoms with Gasteiger partial charge in [-0.2, -0.15) is 4.98 Å². The minimum Gasteiger partial charge on any atom is -0.494 e. The maximum absolute atomic E-state index is 5.81. The Labute approximate surface area is 223 Å². The Hall–Kier alpha value is -3.06. The van der Waals surface area contributed by atoms with Crippen LogP contribution >= 0.6 is 0 Å². The van der Waals surface area contributed by atoms with Gasteiger partial charge in [0.25, 0.3) is 0 Å². The number of rotatable bonds is 12. The summed E-state index contributed by atoms with van der Waals surface area (Å²) >= 11 is 0. The van der Waals surface area contributed by atoms with Crippen LogP contribution in [0.1, 0.15) is 58.9 Å². The first-order valence-corrected chi connectivity index (χ1v) is 13.4. The molecule has 1 aliphatic carbocycles. The third kappa shape index (κ3) is 7.71. The number of fused-ring (bicyclic) bond motifs is 1. The van der Waals surface area contributed by atoms with Crippen molar-refractivity contribution in [2.75, 3.05) is 44.1 Å². The van der Waals surface area contributed by atoms with Crippen molar-refractivity contribution in [2.45, 2.75) is 66.0 Å². The smallest absolute Gasteiger partial charge is 0.225 e. The van der Waals surface area contributed by atoms with E-state index >= 15 is 0 Å². The number of hydrogen-bond acceptors (Lipinski definition) is 7. The highest BCUT2D eigenvalue weighted by atomic mass is 16.5. The van der Waals surface area contributed by atoms with E-state index in [1.54, 1.807) is 0 Å². The van der Waals surface area contributed by atoms with Gasteiger partial charge < -0.3 is 25.0 Å². The lowest BCUT2D eigenvalue weighted by Gasteiger charge is -2.29. The van der Waals surface area contributed by atoms with E-state index in [0.29, 0.717) is 19.3 Å². The standard InChI is InChI=1S/C29H41N5O2.CH4/c1-5-35-24-15-16-27(36-6-2)22(19-24)20-30-18-17-21-11-13-23(14-12-21)31-29-32-26-10-8-7-9-25(26)28(33-29)34(3)4;/h7-10,15-16,19,21,23,30H,5-6,11-14,17-18,20H2,1-4H3,(H,31,32,33);1H4. The molecule has 202 valence electrons. The molecule has 0 saturated heterocycles. The van der Waals surface area contributed by atoms with Crippen molar-refractivity contribution in [3.63, 3.8) is 0 Å². The van der Waals surface area contributed by atoms with Crippen LogP contribution in [0.3, 0.4) is 0 Å². The molecular formula is C30H45N5O2. The maximum Gasteiger partial charge on any atom is 0.225 e. The number of nitrogens with zero attached hydrogens (tertiary/aromatic N) is 3. The van der Waals surface area contributed by atoms with Gasteiger partial charge in [0.2, 0.25) is 5.95 Å². The summed E-state index contributed by atoms with van der Waals surface area (Å²) in [6.45, 7) is 7.16. The highest BCUT2D eigenvalue weighted by molar-refractivity contribution is 5.90. The van der Waals surface area contributed by atoms with Gasteiger partial charge in [0.05, 0.1) is 18.7 Å². The zero-order chi connectivity index (χ0) is 25.3. The highest BCUT2D eigenvalue weighted by Crippen LogP contribution is 2.30. The van der Waals surface area contributed by atoms with Crippen molar-refractivity contribution in [3.8, 4) is 11.5 Å². The van der Waals surface area contributed by atoms with Crippen molar-refractivity contribution in [1.29, 1.82) is 0 Å². The molecule has 3 aromatic rings. The lowest BCUT2D eigenvalue weighted by molar-refractivity contribution is 0.313. The largest absolute Gasteiger partial charge is 0.494 e. The lowest BCUT2D eigenvalue weighted by atomic mass is 9.84. The van der Waals surface area contributed by atoms with E-state index in [1.165, 1.54) is 19.3 Å². The molecular weight excluding hydrogens is 462 g/mol. The van der Waals surface area contributed by atoms with Crippen LogP contribution in [0.25, 0.3) is 10.9 Å². The first-order chi connectivity index (χ1) is 17.6. The van der Waals surface area contributed by atoms with Crippen molar-refractivity contribution < 1.29 is 9.47 Å². The van der Waals surface area contributed by atoms with Gasteiger partial charge in [-0.1, -0.05) is 19.6 Å². The van der Waals surface area contributed by atoms with Crippen molar-refractivity contribution in [1.82, 2.24) is 15.3 Å². The molecule has 0 aliphatic heterocycles. The van der Waals surface area contributed by atoms with Gasteiger partial charge in [-0.15, -0.1) is 0 Å². The zero-order valence-corrected chi connectivity index (χ0v) is 22.2. The van der Waals surface area contributed by atoms with Gasteiger partial charge in [-0.25, -0.2) is 4.98 Å². The minimum atomic E-state index is 0. The first-order valence-electron chi connectivity index (χ1n) is 13.4. The Morgan fingerprint density at radius 1 is 0.946 bits per heavy atom. The zero-order valence-electron chi connectivity index (χ0n) is 22.2. The highest BCUT2D eigenvalue weighted by Gasteiger charge is 2.22. The summed E-state index contributed by atoms with van der Waals surface area (Å²) in [6.07, 6.45) is 5.97. The predicted molar refractivity (Wildman–Crippen MR) is 155 cm³/mol. The summed E-state index contributed by atoms with van der Waals surface area (Å²) in [6, 6.07) is 14.7. The van der Waals surface area contributed by atoms with Crippen LogP contribution in [0.2, 0.25) is 0 Å². The Bertz CT molecular complexity index is 1110. The molecule has 37 heavy (non-hydrogen) atoms. The van der Waals surface area contributed by atoms with Crippen LogP contribution in [-0.4, -0.2) is 49.9 Å². The molecule has 1 aromatic heterocycles. The number of para-hydroxylation sites is 1. The quantitative estimate of drug-likeness (QED) is 0.280. The molecule has 4 rings (SSSR count). The fourth-order valence-electron chi connectivity index (χ4n) is 5.02. The fraction of sp³-hybridized carbons (Fsp3) is 0.533. The van der Waals surface area contributed by atoms with E-state index in [2.05, 4.69) is 33.7 Å². The molecule has 0 atom stereocenters. The lowest BCUT2D eigenvalue weighted by Crippen LogP contribution is -2.28. The van der Waals surface area contributed by atoms with Gasteiger partial charge in [-0.05, 0) is 88.7 Å². The summed E-state index contributed by atoms with van der Waals surface area (Å²) in [4.78, 5) is 11.7. The second-order valence-corrected chi connectivity index (χ2v) is 9.75. The molecule has 1 fully saturated rings. The SMILES string of the molecule is C.CCOc1ccc(OCC)c(CNCCC2CCC(Nc3nc(N(C)C)c4ccccc4n3)CC2)c1. The van der Waals surface area contributed by atoms with E-state index in [4.69, 9.17) is 19.4 Å². The molecule has 2 aromatic carbocycles. The van der Waals surface area contributed by atoms with Crippen molar-refractivity contribution in [2.24, 2.45) is 5.92 Å². The van der Waals surface area contributed by atoms with Crippen LogP contribution in [-0.2, 0) is 6.54 Å². The summed E-state index contributed by atoms with van der Waals surface area (Å²) in [5, 5.41) is 8.33. The number of anilines is 2. The van der Waals surface area contributed by atoms with E-state index in [0.717, 1.165) is 71.6 Å². The van der Waals surface area contributed by atoms with Gasteiger partial charge in [0.15, 0.2) is 0 Å². The Morgan fingerprint density at radius 3 is 2.43 bits per heavy atom. The van der Waals surface area contributed by atoms with E-state index < -0.39 is 0 Å². The Morgan fingerprint density at radius 2 is 1.70 bits per heavy atom. The second kappa shape index (κ2) is 14.0. The molecule has 1 aliphatic rings. The normalized spacial score (nSPS) is 17.2. The van der Waals surface area contributed by atoms with Crippen LogP contribution in [0.4, 0.5) is 11.8 Å². The summed E-state index contributed by atoms with van der Waals surface area (Å²) in [7, 11) is 4.07. The van der Waals surface area contributed by atoms with Gasteiger partial charge in [-0.3, -0.25) is 0 Å². The van der Waals surface area contributed by atoms with Crippen molar-refractivity contribution in [3.05, 3.63) is 48.0 Å². The van der Waals surface area contributed by atoms with E-state index in [-0.39, 0.29) is 7.43 Å². The van der Waals surface area contributed by atoms with E-state index in [1.807, 2.05) is 52.2 Å². The van der Waals surface area contributed by atoms with Gasteiger partial charge >= 0.3 is 0 Å². The Balaban J connectivity index is 0.00000380.